The van der Waals surface area contributed by atoms with E-state index in [-0.39, 0.29) is 0 Å². The maximum Gasteiger partial charge on any atom is 0.122 e. The molecule has 0 aromatic carbocycles. The molecule has 20 heavy (non-hydrogen) atoms. The molecule has 4 heteroatoms. The number of hydrogen-bond acceptors (Lipinski definition) is 4. The summed E-state index contributed by atoms with van der Waals surface area (Å²) in [6.07, 6.45) is 5.77. The van der Waals surface area contributed by atoms with Gasteiger partial charge in [-0.2, -0.15) is 11.8 Å². The van der Waals surface area contributed by atoms with Crippen molar-refractivity contribution in [1.29, 1.82) is 0 Å². The highest BCUT2D eigenvalue weighted by Crippen LogP contribution is 2.31. The van der Waals surface area contributed by atoms with Crippen LogP contribution in [0.4, 0.5) is 0 Å². The molecule has 0 amide bonds. The Balaban J connectivity index is 1.55. The van der Waals surface area contributed by atoms with Gasteiger partial charge in [-0.3, -0.25) is 4.90 Å². The molecule has 3 nitrogen and oxygen atoms in total. The highest BCUT2D eigenvalue weighted by molar-refractivity contribution is 8.00. The second kappa shape index (κ2) is 6.12. The smallest absolute Gasteiger partial charge is 0.122 e. The summed E-state index contributed by atoms with van der Waals surface area (Å²) in [7, 11) is 0. The molecule has 0 bridgehead atoms. The summed E-state index contributed by atoms with van der Waals surface area (Å²) in [5.74, 6) is 2.37. The summed E-state index contributed by atoms with van der Waals surface area (Å²) in [6, 6.07) is 2.89. The molecular formula is C16H26N2OS. The summed E-state index contributed by atoms with van der Waals surface area (Å²) in [4.78, 5) is 2.58. The van der Waals surface area contributed by atoms with Gasteiger partial charge in [0.2, 0.25) is 0 Å². The van der Waals surface area contributed by atoms with Crippen LogP contribution in [0.25, 0.3) is 0 Å². The lowest BCUT2D eigenvalue weighted by Crippen LogP contribution is -2.27. The van der Waals surface area contributed by atoms with Crippen LogP contribution in [0.5, 0.6) is 0 Å². The minimum absolute atomic E-state index is 0.432. The third-order valence-electron chi connectivity index (χ3n) is 4.29. The number of nitrogens with zero attached hydrogens (tertiary/aromatic N) is 1. The fraction of sp³-hybridized carbons (Fsp3) is 0.750. The van der Waals surface area contributed by atoms with E-state index in [0.29, 0.717) is 4.75 Å². The molecule has 1 aliphatic heterocycles. The van der Waals surface area contributed by atoms with Crippen LogP contribution in [0, 0.1) is 0 Å². The number of thioether (sulfide) groups is 1. The maximum atomic E-state index is 5.66. The highest BCUT2D eigenvalue weighted by Gasteiger charge is 2.25. The fourth-order valence-electron chi connectivity index (χ4n) is 2.65. The predicted molar refractivity (Wildman–Crippen MR) is 85.0 cm³/mol. The van der Waals surface area contributed by atoms with Crippen molar-refractivity contribution in [3.05, 3.63) is 23.7 Å². The molecule has 112 valence electrons. The van der Waals surface area contributed by atoms with E-state index in [1.807, 2.05) is 6.26 Å². The molecule has 1 N–H and O–H groups in total. The van der Waals surface area contributed by atoms with Crippen LogP contribution in [0.3, 0.4) is 0 Å². The van der Waals surface area contributed by atoms with Crippen molar-refractivity contribution in [1.82, 2.24) is 10.2 Å². The van der Waals surface area contributed by atoms with Crippen molar-refractivity contribution < 1.29 is 4.42 Å². The summed E-state index contributed by atoms with van der Waals surface area (Å²) < 4.78 is 6.09. The molecule has 1 saturated carbocycles. The first-order valence-corrected chi connectivity index (χ1v) is 8.76. The van der Waals surface area contributed by atoms with Crippen LogP contribution in [-0.2, 0) is 13.1 Å². The van der Waals surface area contributed by atoms with E-state index >= 15 is 0 Å². The van der Waals surface area contributed by atoms with Crippen molar-refractivity contribution in [3.8, 4) is 0 Å². The largest absolute Gasteiger partial charge is 0.468 e. The average Bonchev–Trinajstić information content (AvgIpc) is 3.15. The van der Waals surface area contributed by atoms with Gasteiger partial charge in [0.05, 0.1) is 12.8 Å². The Labute approximate surface area is 126 Å². The summed E-state index contributed by atoms with van der Waals surface area (Å²) in [5, 5.41) is 3.55. The minimum atomic E-state index is 0.432. The third-order valence-corrected chi connectivity index (χ3v) is 5.66. The zero-order valence-electron chi connectivity index (χ0n) is 12.7. The Bertz CT molecular complexity index is 439. The Kier molecular flexibility index (Phi) is 4.43. The zero-order valence-corrected chi connectivity index (χ0v) is 13.5. The monoisotopic (exact) mass is 294 g/mol. The van der Waals surface area contributed by atoms with E-state index in [4.69, 9.17) is 4.42 Å². The Morgan fingerprint density at radius 2 is 2.25 bits per heavy atom. The van der Waals surface area contributed by atoms with E-state index < -0.39 is 0 Å². The molecule has 1 saturated heterocycles. The average molecular weight is 294 g/mol. The van der Waals surface area contributed by atoms with Gasteiger partial charge in [0, 0.05) is 35.2 Å². The van der Waals surface area contributed by atoms with Gasteiger partial charge in [0.25, 0.3) is 0 Å². The van der Waals surface area contributed by atoms with Crippen molar-refractivity contribution >= 4 is 11.8 Å². The van der Waals surface area contributed by atoms with Crippen LogP contribution in [-0.4, -0.2) is 34.5 Å². The van der Waals surface area contributed by atoms with E-state index in [9.17, 15) is 0 Å². The molecule has 1 aromatic rings. The van der Waals surface area contributed by atoms with Crippen LogP contribution in [0.15, 0.2) is 16.7 Å². The molecule has 0 unspecified atom stereocenters. The summed E-state index contributed by atoms with van der Waals surface area (Å²) in [5.41, 5.74) is 1.36. The molecular weight excluding hydrogens is 268 g/mol. The second-order valence-corrected chi connectivity index (χ2v) is 8.46. The van der Waals surface area contributed by atoms with E-state index in [2.05, 4.69) is 41.9 Å². The van der Waals surface area contributed by atoms with Crippen LogP contribution >= 0.6 is 11.8 Å². The predicted octanol–water partition coefficient (Wildman–Crippen LogP) is 3.25. The summed E-state index contributed by atoms with van der Waals surface area (Å²) >= 11 is 2.11. The Morgan fingerprint density at radius 3 is 3.05 bits per heavy atom. The minimum Gasteiger partial charge on any atom is -0.468 e. The maximum absolute atomic E-state index is 5.66. The zero-order chi connectivity index (χ0) is 14.0. The lowest BCUT2D eigenvalue weighted by Gasteiger charge is -2.22. The van der Waals surface area contributed by atoms with Crippen LogP contribution in [0.2, 0.25) is 0 Å². The SMILES string of the molecule is CC1(C)CCN(Cc2ccoc2CNC2CC2)CCS1. The topological polar surface area (TPSA) is 28.4 Å². The summed E-state index contributed by atoms with van der Waals surface area (Å²) in [6.45, 7) is 9.04. The van der Waals surface area contributed by atoms with E-state index in [0.717, 1.165) is 24.9 Å². The van der Waals surface area contributed by atoms with Gasteiger partial charge in [-0.1, -0.05) is 13.8 Å². The van der Waals surface area contributed by atoms with Crippen LogP contribution < -0.4 is 5.32 Å². The normalized spacial score (nSPS) is 23.7. The van der Waals surface area contributed by atoms with Crippen molar-refractivity contribution in [2.24, 2.45) is 0 Å². The van der Waals surface area contributed by atoms with Gasteiger partial charge in [-0.15, -0.1) is 0 Å². The molecule has 2 fully saturated rings. The molecule has 1 aliphatic carbocycles. The molecule has 0 spiro atoms. The molecule has 3 rings (SSSR count). The van der Waals surface area contributed by atoms with E-state index in [1.165, 1.54) is 43.7 Å². The van der Waals surface area contributed by atoms with Crippen LogP contribution in [0.1, 0.15) is 44.4 Å². The third kappa shape index (κ3) is 4.03. The molecule has 2 aliphatic rings. The number of rotatable bonds is 5. The van der Waals surface area contributed by atoms with Gasteiger partial charge in [-0.25, -0.2) is 0 Å². The first-order valence-electron chi connectivity index (χ1n) is 7.77. The first-order chi connectivity index (χ1) is 9.62. The molecule has 1 aromatic heterocycles. The number of nitrogens with one attached hydrogen (secondary N) is 1. The molecule has 2 heterocycles. The molecule has 0 radical (unpaired) electrons. The number of furan rings is 1. The van der Waals surface area contributed by atoms with Gasteiger partial charge in [-0.05, 0) is 31.9 Å². The fourth-order valence-corrected chi connectivity index (χ4v) is 3.79. The second-order valence-electron chi connectivity index (χ2n) is 6.66. The van der Waals surface area contributed by atoms with Crippen molar-refractivity contribution in [2.45, 2.75) is 57.0 Å². The van der Waals surface area contributed by atoms with Crippen molar-refractivity contribution in [2.75, 3.05) is 18.8 Å². The van der Waals surface area contributed by atoms with Crippen molar-refractivity contribution in [3.63, 3.8) is 0 Å². The lowest BCUT2D eigenvalue weighted by molar-refractivity contribution is 0.273. The van der Waals surface area contributed by atoms with E-state index in [1.54, 1.807) is 0 Å². The van der Waals surface area contributed by atoms with Gasteiger partial charge in [0.15, 0.2) is 0 Å². The Hall–Kier alpha value is -0.450. The van der Waals surface area contributed by atoms with Gasteiger partial charge >= 0.3 is 0 Å². The van der Waals surface area contributed by atoms with Gasteiger partial charge < -0.3 is 9.73 Å². The standard InChI is InChI=1S/C16H26N2OS/c1-16(2)6-7-18(8-10-20-16)12-13-5-9-19-15(13)11-17-14-3-4-14/h5,9,14,17H,3-4,6-8,10-12H2,1-2H3. The first kappa shape index (κ1) is 14.5. The highest BCUT2D eigenvalue weighted by atomic mass is 32.2. The molecule has 0 atom stereocenters. The number of hydrogen-bond donors (Lipinski definition) is 1. The quantitative estimate of drug-likeness (QED) is 0.902. The lowest BCUT2D eigenvalue weighted by atomic mass is 10.1. The Morgan fingerprint density at radius 1 is 1.40 bits per heavy atom. The van der Waals surface area contributed by atoms with Gasteiger partial charge in [0.1, 0.15) is 5.76 Å².